The van der Waals surface area contributed by atoms with Crippen molar-refractivity contribution in [3.05, 3.63) is 94.5 Å². The van der Waals surface area contributed by atoms with Crippen molar-refractivity contribution in [2.24, 2.45) is 0 Å². The van der Waals surface area contributed by atoms with E-state index in [0.717, 1.165) is 17.5 Å². The molecule has 0 bridgehead atoms. The third-order valence-electron chi connectivity index (χ3n) is 4.45. The average molecular weight is 310 g/mol. The Morgan fingerprint density at radius 1 is 0.750 bits per heavy atom. The minimum absolute atomic E-state index is 1.06. The number of rotatable bonds is 2. The second-order valence-corrected chi connectivity index (χ2v) is 6.10. The summed E-state index contributed by atoms with van der Waals surface area (Å²) in [6, 6.07) is 23.4. The first-order valence-corrected chi connectivity index (χ1v) is 8.45. The topological polar surface area (TPSA) is 0 Å². The molecule has 3 aromatic carbocycles. The summed E-state index contributed by atoms with van der Waals surface area (Å²) in [6.07, 6.45) is 1.06. The molecule has 0 aliphatic carbocycles. The number of hydrogen-bond acceptors (Lipinski definition) is 0. The Morgan fingerprint density at radius 3 is 2.21 bits per heavy atom. The first kappa shape index (κ1) is 16.1. The zero-order valence-electron chi connectivity index (χ0n) is 14.6. The highest BCUT2D eigenvalue weighted by Crippen LogP contribution is 2.25. The van der Waals surface area contributed by atoms with Crippen molar-refractivity contribution in [3.63, 3.8) is 0 Å². The van der Waals surface area contributed by atoms with E-state index in [-0.39, 0.29) is 0 Å². The molecule has 0 fully saturated rings. The molecule has 0 radical (unpaired) electrons. The van der Waals surface area contributed by atoms with Crippen molar-refractivity contribution in [1.82, 2.24) is 0 Å². The fourth-order valence-corrected chi connectivity index (χ4v) is 2.92. The maximum atomic E-state index is 3.37. The molecule has 3 rings (SSSR count). The average Bonchev–Trinajstić information content (AvgIpc) is 2.62. The van der Waals surface area contributed by atoms with E-state index in [1.165, 1.54) is 27.8 Å². The van der Waals surface area contributed by atoms with Gasteiger partial charge >= 0.3 is 0 Å². The van der Waals surface area contributed by atoms with Crippen molar-refractivity contribution in [1.29, 1.82) is 0 Å². The second-order valence-electron chi connectivity index (χ2n) is 6.10. The largest absolute Gasteiger partial charge is 0.0622 e. The van der Waals surface area contributed by atoms with E-state index in [0.29, 0.717) is 0 Å². The molecule has 0 heterocycles. The van der Waals surface area contributed by atoms with Gasteiger partial charge in [-0.2, -0.15) is 0 Å². The molecule has 0 nitrogen and oxygen atoms in total. The first-order valence-electron chi connectivity index (χ1n) is 8.45. The van der Waals surface area contributed by atoms with Gasteiger partial charge in [-0.3, -0.25) is 0 Å². The van der Waals surface area contributed by atoms with E-state index in [1.807, 2.05) is 6.07 Å². The van der Waals surface area contributed by atoms with Crippen molar-refractivity contribution in [2.45, 2.75) is 27.2 Å². The molecular formula is C24H22. The Balaban J connectivity index is 1.98. The van der Waals surface area contributed by atoms with Gasteiger partial charge in [-0.05, 0) is 60.2 Å². The Labute approximate surface area is 145 Å². The van der Waals surface area contributed by atoms with Crippen LogP contribution in [-0.2, 0) is 6.42 Å². The van der Waals surface area contributed by atoms with Crippen LogP contribution in [0.4, 0.5) is 0 Å². The van der Waals surface area contributed by atoms with Gasteiger partial charge in [0.1, 0.15) is 0 Å². The highest BCUT2D eigenvalue weighted by molar-refractivity contribution is 5.70. The lowest BCUT2D eigenvalue weighted by Gasteiger charge is -2.08. The third-order valence-corrected chi connectivity index (χ3v) is 4.45. The van der Waals surface area contributed by atoms with Crippen molar-refractivity contribution in [2.75, 3.05) is 0 Å². The SMILES string of the molecule is CCc1ccc(C#Cc2cccc(-c3ccccc3)c2C)c(C)c1. The summed E-state index contributed by atoms with van der Waals surface area (Å²) < 4.78 is 0. The summed E-state index contributed by atoms with van der Waals surface area (Å²) in [5, 5.41) is 0. The number of benzene rings is 3. The molecule has 118 valence electrons. The van der Waals surface area contributed by atoms with Gasteiger partial charge in [-0.15, -0.1) is 0 Å². The summed E-state index contributed by atoms with van der Waals surface area (Å²) >= 11 is 0. The molecule has 0 atom stereocenters. The van der Waals surface area contributed by atoms with Crippen molar-refractivity contribution in [3.8, 4) is 23.0 Å². The van der Waals surface area contributed by atoms with E-state index >= 15 is 0 Å². The summed E-state index contributed by atoms with van der Waals surface area (Å²) in [5.74, 6) is 6.72. The molecule has 0 saturated heterocycles. The second kappa shape index (κ2) is 7.20. The smallest absolute Gasteiger partial charge is 0.0284 e. The van der Waals surface area contributed by atoms with Crippen LogP contribution in [0.1, 0.15) is 34.7 Å². The maximum Gasteiger partial charge on any atom is 0.0284 e. The van der Waals surface area contributed by atoms with E-state index in [2.05, 4.69) is 93.3 Å². The highest BCUT2D eigenvalue weighted by Gasteiger charge is 2.04. The fourth-order valence-electron chi connectivity index (χ4n) is 2.92. The van der Waals surface area contributed by atoms with Gasteiger partial charge in [0.2, 0.25) is 0 Å². The monoisotopic (exact) mass is 310 g/mol. The van der Waals surface area contributed by atoms with Crippen LogP contribution >= 0.6 is 0 Å². The summed E-state index contributed by atoms with van der Waals surface area (Å²) in [5.41, 5.74) is 8.53. The maximum absolute atomic E-state index is 3.37. The molecule has 0 unspecified atom stereocenters. The predicted octanol–water partition coefficient (Wildman–Crippen LogP) is 5.93. The Morgan fingerprint density at radius 2 is 1.50 bits per heavy atom. The van der Waals surface area contributed by atoms with Gasteiger partial charge in [0.15, 0.2) is 0 Å². The zero-order valence-corrected chi connectivity index (χ0v) is 14.6. The summed E-state index contributed by atoms with van der Waals surface area (Å²) in [7, 11) is 0. The van der Waals surface area contributed by atoms with Gasteiger partial charge in [0.05, 0.1) is 0 Å². The van der Waals surface area contributed by atoms with E-state index in [9.17, 15) is 0 Å². The minimum Gasteiger partial charge on any atom is -0.0622 e. The first-order chi connectivity index (χ1) is 11.7. The lowest BCUT2D eigenvalue weighted by atomic mass is 9.96. The minimum atomic E-state index is 1.06. The number of hydrogen-bond donors (Lipinski definition) is 0. The molecular weight excluding hydrogens is 288 g/mol. The van der Waals surface area contributed by atoms with Gasteiger partial charge in [-0.25, -0.2) is 0 Å². The van der Waals surface area contributed by atoms with Crippen LogP contribution in [0, 0.1) is 25.7 Å². The van der Waals surface area contributed by atoms with Crippen LogP contribution in [0.15, 0.2) is 66.7 Å². The highest BCUT2D eigenvalue weighted by atomic mass is 14.1. The molecule has 0 N–H and O–H groups in total. The lowest BCUT2D eigenvalue weighted by Crippen LogP contribution is -1.89. The molecule has 0 aromatic heterocycles. The molecule has 0 spiro atoms. The van der Waals surface area contributed by atoms with Crippen LogP contribution < -0.4 is 0 Å². The molecule has 0 saturated carbocycles. The predicted molar refractivity (Wildman–Crippen MR) is 103 cm³/mol. The Kier molecular flexibility index (Phi) is 4.82. The van der Waals surface area contributed by atoms with E-state index in [1.54, 1.807) is 0 Å². The molecule has 24 heavy (non-hydrogen) atoms. The van der Waals surface area contributed by atoms with Crippen molar-refractivity contribution < 1.29 is 0 Å². The van der Waals surface area contributed by atoms with Crippen molar-refractivity contribution >= 4 is 0 Å². The summed E-state index contributed by atoms with van der Waals surface area (Å²) in [6.45, 7) is 6.47. The molecule has 0 aliphatic rings. The van der Waals surface area contributed by atoms with Crippen LogP contribution in [0.5, 0.6) is 0 Å². The molecule has 0 amide bonds. The van der Waals surface area contributed by atoms with Crippen LogP contribution in [0.2, 0.25) is 0 Å². The van der Waals surface area contributed by atoms with Crippen LogP contribution in [0.25, 0.3) is 11.1 Å². The van der Waals surface area contributed by atoms with E-state index < -0.39 is 0 Å². The van der Waals surface area contributed by atoms with Gasteiger partial charge in [0, 0.05) is 11.1 Å². The molecule has 0 heteroatoms. The zero-order chi connectivity index (χ0) is 16.9. The van der Waals surface area contributed by atoms with Gasteiger partial charge in [0.25, 0.3) is 0 Å². The van der Waals surface area contributed by atoms with Gasteiger partial charge in [-0.1, -0.05) is 73.4 Å². The fraction of sp³-hybridized carbons (Fsp3) is 0.167. The Hall–Kier alpha value is -2.78. The summed E-state index contributed by atoms with van der Waals surface area (Å²) in [4.78, 5) is 0. The normalized spacial score (nSPS) is 10.1. The van der Waals surface area contributed by atoms with Crippen LogP contribution in [0.3, 0.4) is 0 Å². The number of aryl methyl sites for hydroxylation is 2. The third kappa shape index (κ3) is 3.42. The van der Waals surface area contributed by atoms with Gasteiger partial charge < -0.3 is 0 Å². The lowest BCUT2D eigenvalue weighted by molar-refractivity contribution is 1.13. The van der Waals surface area contributed by atoms with Crippen LogP contribution in [-0.4, -0.2) is 0 Å². The van der Waals surface area contributed by atoms with E-state index in [4.69, 9.17) is 0 Å². The molecule has 0 aliphatic heterocycles. The standard InChI is InChI=1S/C24H22/c1-4-20-13-14-21(18(2)17-20)15-16-22-11-8-12-24(19(22)3)23-9-6-5-7-10-23/h5-14,17H,4H2,1-3H3. The quantitative estimate of drug-likeness (QED) is 0.514. The Bertz CT molecular complexity index is 906. The molecule has 3 aromatic rings.